The smallest absolute Gasteiger partial charge is 0.161 e. The molecule has 23 heavy (non-hydrogen) atoms. The number of hydrogen-bond donors (Lipinski definition) is 1. The van der Waals surface area contributed by atoms with Crippen LogP contribution < -0.4 is 9.47 Å². The molecule has 0 saturated carbocycles. The molecule has 5 heteroatoms. The maximum Gasteiger partial charge on any atom is 0.161 e. The summed E-state index contributed by atoms with van der Waals surface area (Å²) < 4.78 is 10.9. The Morgan fingerprint density at radius 1 is 1.43 bits per heavy atom. The topological polar surface area (TPSA) is 59.0 Å². The molecule has 0 bridgehead atoms. The Bertz CT molecular complexity index is 532. The van der Waals surface area contributed by atoms with Crippen LogP contribution in [0.15, 0.2) is 18.2 Å². The van der Waals surface area contributed by atoms with Crippen molar-refractivity contribution in [1.82, 2.24) is 4.90 Å². The molecule has 0 aliphatic carbocycles. The fourth-order valence-corrected chi connectivity index (χ4v) is 3.00. The van der Waals surface area contributed by atoms with E-state index in [-0.39, 0.29) is 12.4 Å². The number of β-amino-alcohol motifs (C(OH)–C–C–N with tert-alkyl or cyclic N) is 1. The average Bonchev–Trinajstić information content (AvgIpc) is 2.52. The number of carbonyl (C=O) groups excluding carboxylic acids is 1. The Morgan fingerprint density at radius 2 is 2.22 bits per heavy atom. The molecule has 1 aromatic rings. The van der Waals surface area contributed by atoms with E-state index in [0.29, 0.717) is 29.5 Å². The number of carbonyl (C=O) groups is 1. The molecule has 1 saturated heterocycles. The predicted octanol–water partition coefficient (Wildman–Crippen LogP) is 2.37. The maximum absolute atomic E-state index is 11.4. The van der Waals surface area contributed by atoms with Crippen LogP contribution in [0.4, 0.5) is 0 Å². The van der Waals surface area contributed by atoms with Crippen LogP contribution in [0.3, 0.4) is 0 Å². The summed E-state index contributed by atoms with van der Waals surface area (Å²) in [5, 5.41) is 10.2. The third-order valence-corrected chi connectivity index (χ3v) is 4.21. The van der Waals surface area contributed by atoms with Gasteiger partial charge in [0.25, 0.3) is 0 Å². The highest BCUT2D eigenvalue weighted by atomic mass is 16.5. The van der Waals surface area contributed by atoms with E-state index < -0.39 is 6.10 Å². The van der Waals surface area contributed by atoms with Crippen LogP contribution in [0.25, 0.3) is 0 Å². The summed E-state index contributed by atoms with van der Waals surface area (Å²) in [6, 6.07) is 5.08. The first-order chi connectivity index (χ1) is 11.0. The zero-order valence-corrected chi connectivity index (χ0v) is 14.2. The summed E-state index contributed by atoms with van der Waals surface area (Å²) >= 11 is 0. The van der Waals surface area contributed by atoms with Gasteiger partial charge in [0.1, 0.15) is 12.7 Å². The van der Waals surface area contributed by atoms with Crippen molar-refractivity contribution in [2.75, 3.05) is 33.4 Å². The van der Waals surface area contributed by atoms with E-state index in [0.717, 1.165) is 13.1 Å². The van der Waals surface area contributed by atoms with Crippen molar-refractivity contribution < 1.29 is 19.4 Å². The molecule has 1 aromatic carbocycles. The number of methoxy groups -OCH3 is 1. The van der Waals surface area contributed by atoms with Crippen LogP contribution >= 0.6 is 0 Å². The van der Waals surface area contributed by atoms with Crippen LogP contribution in [0.1, 0.15) is 37.0 Å². The Labute approximate surface area is 138 Å². The second-order valence-corrected chi connectivity index (χ2v) is 6.39. The molecule has 128 valence electrons. The van der Waals surface area contributed by atoms with Gasteiger partial charge in [-0.1, -0.05) is 6.92 Å². The zero-order valence-electron chi connectivity index (χ0n) is 14.2. The Kier molecular flexibility index (Phi) is 6.42. The Hall–Kier alpha value is -1.59. The number of aliphatic hydroxyl groups excluding tert-OH is 1. The lowest BCUT2D eigenvalue weighted by molar-refractivity contribution is 0.0529. The Morgan fingerprint density at radius 3 is 2.87 bits per heavy atom. The number of aliphatic hydroxyl groups is 1. The summed E-state index contributed by atoms with van der Waals surface area (Å²) in [5.41, 5.74) is 0.581. The van der Waals surface area contributed by atoms with Gasteiger partial charge in [0.05, 0.1) is 7.11 Å². The van der Waals surface area contributed by atoms with Gasteiger partial charge in [0.15, 0.2) is 17.3 Å². The summed E-state index contributed by atoms with van der Waals surface area (Å²) in [7, 11) is 1.54. The van der Waals surface area contributed by atoms with E-state index >= 15 is 0 Å². The zero-order chi connectivity index (χ0) is 16.8. The second kappa shape index (κ2) is 8.31. The third kappa shape index (κ3) is 5.22. The predicted molar refractivity (Wildman–Crippen MR) is 89.3 cm³/mol. The minimum absolute atomic E-state index is 0.0193. The van der Waals surface area contributed by atoms with E-state index in [1.54, 1.807) is 18.2 Å². The highest BCUT2D eigenvalue weighted by molar-refractivity contribution is 5.94. The molecule has 1 fully saturated rings. The molecule has 0 radical (unpaired) electrons. The van der Waals surface area contributed by atoms with Crippen molar-refractivity contribution >= 4 is 5.78 Å². The molecule has 0 spiro atoms. The summed E-state index contributed by atoms with van der Waals surface area (Å²) in [6.07, 6.45) is 1.91. The SMILES string of the molecule is COc1cc(C(C)=O)ccc1OC[C@H](O)CN1CCC[C@@H](C)C1. The molecule has 2 rings (SSSR count). The van der Waals surface area contributed by atoms with Crippen molar-refractivity contribution in [3.63, 3.8) is 0 Å². The van der Waals surface area contributed by atoms with Gasteiger partial charge in [-0.3, -0.25) is 4.79 Å². The lowest BCUT2D eigenvalue weighted by Crippen LogP contribution is -2.41. The molecule has 1 heterocycles. The summed E-state index contributed by atoms with van der Waals surface area (Å²) in [5.74, 6) is 1.73. The van der Waals surface area contributed by atoms with E-state index in [2.05, 4.69) is 11.8 Å². The monoisotopic (exact) mass is 321 g/mol. The molecule has 1 N–H and O–H groups in total. The van der Waals surface area contributed by atoms with Crippen LogP contribution in [-0.4, -0.2) is 55.2 Å². The van der Waals surface area contributed by atoms with Crippen molar-refractivity contribution in [3.8, 4) is 11.5 Å². The van der Waals surface area contributed by atoms with E-state index in [4.69, 9.17) is 9.47 Å². The molecule has 0 amide bonds. The normalized spacial score (nSPS) is 20.1. The highest BCUT2D eigenvalue weighted by Crippen LogP contribution is 2.28. The number of ether oxygens (including phenoxy) is 2. The number of piperidine rings is 1. The van der Waals surface area contributed by atoms with Gasteiger partial charge in [0, 0.05) is 18.7 Å². The van der Waals surface area contributed by atoms with E-state index in [1.807, 2.05) is 0 Å². The number of ketones is 1. The first kappa shape index (κ1) is 17.8. The number of rotatable bonds is 7. The number of hydrogen-bond acceptors (Lipinski definition) is 5. The standard InChI is InChI=1S/C18H27NO4/c1-13-5-4-8-19(10-13)11-16(21)12-23-17-7-6-15(14(2)20)9-18(17)22-3/h6-7,9,13,16,21H,4-5,8,10-12H2,1-3H3/t13-,16-/m1/s1. The van der Waals surface area contributed by atoms with Crippen molar-refractivity contribution in [2.24, 2.45) is 5.92 Å². The minimum atomic E-state index is -0.544. The van der Waals surface area contributed by atoms with Gasteiger partial charge in [0.2, 0.25) is 0 Å². The van der Waals surface area contributed by atoms with Crippen LogP contribution in [-0.2, 0) is 0 Å². The largest absolute Gasteiger partial charge is 0.493 e. The average molecular weight is 321 g/mol. The quantitative estimate of drug-likeness (QED) is 0.781. The van der Waals surface area contributed by atoms with E-state index in [9.17, 15) is 9.90 Å². The van der Waals surface area contributed by atoms with Crippen LogP contribution in [0, 0.1) is 5.92 Å². The van der Waals surface area contributed by atoms with E-state index in [1.165, 1.54) is 26.9 Å². The van der Waals surface area contributed by atoms with Crippen molar-refractivity contribution in [3.05, 3.63) is 23.8 Å². The van der Waals surface area contributed by atoms with Crippen LogP contribution in [0.2, 0.25) is 0 Å². The maximum atomic E-state index is 11.4. The van der Waals surface area contributed by atoms with Crippen molar-refractivity contribution in [1.29, 1.82) is 0 Å². The molecule has 5 nitrogen and oxygen atoms in total. The van der Waals surface area contributed by atoms with Gasteiger partial charge >= 0.3 is 0 Å². The highest BCUT2D eigenvalue weighted by Gasteiger charge is 2.19. The molecule has 0 aromatic heterocycles. The minimum Gasteiger partial charge on any atom is -0.493 e. The lowest BCUT2D eigenvalue weighted by Gasteiger charge is -2.32. The van der Waals surface area contributed by atoms with Gasteiger partial charge in [-0.15, -0.1) is 0 Å². The van der Waals surface area contributed by atoms with Gasteiger partial charge in [-0.05, 0) is 50.4 Å². The molecule has 2 atom stereocenters. The number of Topliss-reactive ketones (excluding diaryl/α,β-unsaturated/α-hetero) is 1. The third-order valence-electron chi connectivity index (χ3n) is 4.21. The molecule has 1 aliphatic heterocycles. The molecular formula is C18H27NO4. The first-order valence-electron chi connectivity index (χ1n) is 8.21. The van der Waals surface area contributed by atoms with Gasteiger partial charge in [-0.25, -0.2) is 0 Å². The lowest BCUT2D eigenvalue weighted by atomic mass is 10.0. The first-order valence-corrected chi connectivity index (χ1v) is 8.21. The van der Waals surface area contributed by atoms with Gasteiger partial charge in [-0.2, -0.15) is 0 Å². The number of nitrogens with zero attached hydrogens (tertiary/aromatic N) is 1. The fourth-order valence-electron chi connectivity index (χ4n) is 3.00. The van der Waals surface area contributed by atoms with Crippen LogP contribution in [0.5, 0.6) is 11.5 Å². The molecule has 0 unspecified atom stereocenters. The molecule has 1 aliphatic rings. The Balaban J connectivity index is 1.88. The second-order valence-electron chi connectivity index (χ2n) is 6.39. The van der Waals surface area contributed by atoms with Crippen molar-refractivity contribution in [2.45, 2.75) is 32.8 Å². The van der Waals surface area contributed by atoms with Gasteiger partial charge < -0.3 is 19.5 Å². The fraction of sp³-hybridized carbons (Fsp3) is 0.611. The summed E-state index contributed by atoms with van der Waals surface area (Å²) in [6.45, 7) is 6.67. The molecular weight excluding hydrogens is 294 g/mol. The number of benzene rings is 1. The summed E-state index contributed by atoms with van der Waals surface area (Å²) in [4.78, 5) is 13.7. The number of likely N-dealkylation sites (tertiary alicyclic amines) is 1.